The molecule has 1 unspecified atom stereocenters. The average Bonchev–Trinajstić information content (AvgIpc) is 3.47. The SMILES string of the molecule is COc1ccc(C)cc1N1CC(C(=O)NCc2cccc(C(=O)N3CCCC3)c2)CC1=O. The molecule has 7 nitrogen and oxygen atoms in total. The van der Waals surface area contributed by atoms with Gasteiger partial charge in [0.05, 0.1) is 18.7 Å². The topological polar surface area (TPSA) is 79.0 Å². The summed E-state index contributed by atoms with van der Waals surface area (Å²) in [7, 11) is 1.57. The number of carbonyl (C=O) groups excluding carboxylic acids is 3. The summed E-state index contributed by atoms with van der Waals surface area (Å²) in [6.07, 6.45) is 2.26. The first kappa shape index (κ1) is 21.9. The van der Waals surface area contributed by atoms with Crippen molar-refractivity contribution in [2.24, 2.45) is 5.92 Å². The number of ether oxygens (including phenoxy) is 1. The largest absolute Gasteiger partial charge is 0.495 e. The first-order valence-corrected chi connectivity index (χ1v) is 11.1. The summed E-state index contributed by atoms with van der Waals surface area (Å²) in [6, 6.07) is 13.1. The number of anilines is 1. The second-order valence-corrected chi connectivity index (χ2v) is 8.50. The predicted molar refractivity (Wildman–Crippen MR) is 122 cm³/mol. The lowest BCUT2D eigenvalue weighted by atomic mass is 10.1. The van der Waals surface area contributed by atoms with Crippen LogP contribution in [0.25, 0.3) is 0 Å². The first-order valence-electron chi connectivity index (χ1n) is 11.1. The zero-order valence-electron chi connectivity index (χ0n) is 18.6. The molecule has 1 atom stereocenters. The van der Waals surface area contributed by atoms with E-state index in [2.05, 4.69) is 5.32 Å². The number of benzene rings is 2. The predicted octanol–water partition coefficient (Wildman–Crippen LogP) is 2.91. The maximum atomic E-state index is 12.8. The zero-order chi connectivity index (χ0) is 22.7. The molecule has 2 saturated heterocycles. The molecule has 0 bridgehead atoms. The molecule has 2 fully saturated rings. The summed E-state index contributed by atoms with van der Waals surface area (Å²) in [5.74, 6) is -0.0255. The lowest BCUT2D eigenvalue weighted by molar-refractivity contribution is -0.126. The Hall–Kier alpha value is -3.35. The van der Waals surface area contributed by atoms with E-state index in [4.69, 9.17) is 4.74 Å². The van der Waals surface area contributed by atoms with Gasteiger partial charge in [0, 0.05) is 38.2 Å². The van der Waals surface area contributed by atoms with Crippen LogP contribution in [0.2, 0.25) is 0 Å². The number of amides is 3. The van der Waals surface area contributed by atoms with Crippen LogP contribution in [0.3, 0.4) is 0 Å². The lowest BCUT2D eigenvalue weighted by Gasteiger charge is -2.20. The number of rotatable bonds is 6. The summed E-state index contributed by atoms with van der Waals surface area (Å²) in [6.45, 7) is 4.20. The molecule has 2 aliphatic heterocycles. The highest BCUT2D eigenvalue weighted by atomic mass is 16.5. The number of aryl methyl sites for hydroxylation is 1. The van der Waals surface area contributed by atoms with Crippen molar-refractivity contribution in [2.75, 3.05) is 31.6 Å². The van der Waals surface area contributed by atoms with Gasteiger partial charge in [-0.25, -0.2) is 0 Å². The standard InChI is InChI=1S/C25H29N3O4/c1-17-8-9-22(32-2)21(12-17)28-16-20(14-23(28)29)24(30)26-15-18-6-5-7-19(13-18)25(31)27-10-3-4-11-27/h5-9,12-13,20H,3-4,10-11,14-16H2,1-2H3,(H,26,30). The van der Waals surface area contributed by atoms with Gasteiger partial charge in [-0.2, -0.15) is 0 Å². The average molecular weight is 436 g/mol. The molecular formula is C25H29N3O4. The molecule has 32 heavy (non-hydrogen) atoms. The Morgan fingerprint density at radius 1 is 1.12 bits per heavy atom. The Morgan fingerprint density at radius 3 is 2.66 bits per heavy atom. The molecule has 0 aliphatic carbocycles. The number of hydrogen-bond donors (Lipinski definition) is 1. The molecule has 7 heteroatoms. The summed E-state index contributed by atoms with van der Waals surface area (Å²) >= 11 is 0. The van der Waals surface area contributed by atoms with Crippen molar-refractivity contribution in [3.8, 4) is 5.75 Å². The van der Waals surface area contributed by atoms with Crippen LogP contribution in [-0.2, 0) is 16.1 Å². The van der Waals surface area contributed by atoms with Crippen LogP contribution in [0.1, 0.15) is 40.7 Å². The number of carbonyl (C=O) groups is 3. The smallest absolute Gasteiger partial charge is 0.253 e. The van der Waals surface area contributed by atoms with Gasteiger partial charge in [0.15, 0.2) is 0 Å². The van der Waals surface area contributed by atoms with Crippen LogP contribution in [0, 0.1) is 12.8 Å². The first-order chi connectivity index (χ1) is 15.5. The third kappa shape index (κ3) is 4.61. The van der Waals surface area contributed by atoms with Crippen molar-refractivity contribution in [3.05, 3.63) is 59.2 Å². The summed E-state index contributed by atoms with van der Waals surface area (Å²) in [5.41, 5.74) is 3.23. The van der Waals surface area contributed by atoms with E-state index >= 15 is 0 Å². The normalized spacial score (nSPS) is 18.2. The third-order valence-corrected chi connectivity index (χ3v) is 6.15. The van der Waals surface area contributed by atoms with Crippen LogP contribution in [0.5, 0.6) is 5.75 Å². The van der Waals surface area contributed by atoms with E-state index < -0.39 is 5.92 Å². The minimum atomic E-state index is -0.429. The van der Waals surface area contributed by atoms with Gasteiger partial charge < -0.3 is 19.9 Å². The number of hydrogen-bond acceptors (Lipinski definition) is 4. The number of nitrogens with zero attached hydrogens (tertiary/aromatic N) is 2. The van der Waals surface area contributed by atoms with Crippen LogP contribution >= 0.6 is 0 Å². The van der Waals surface area contributed by atoms with Crippen molar-refractivity contribution in [2.45, 2.75) is 32.7 Å². The van der Waals surface area contributed by atoms with Crippen LogP contribution in [0.15, 0.2) is 42.5 Å². The minimum Gasteiger partial charge on any atom is -0.495 e. The second kappa shape index (κ2) is 9.42. The van der Waals surface area contributed by atoms with Crippen molar-refractivity contribution in [1.82, 2.24) is 10.2 Å². The monoisotopic (exact) mass is 435 g/mol. The van der Waals surface area contributed by atoms with E-state index in [0.717, 1.165) is 37.1 Å². The van der Waals surface area contributed by atoms with Gasteiger partial charge in [0.25, 0.3) is 5.91 Å². The minimum absolute atomic E-state index is 0.0415. The van der Waals surface area contributed by atoms with Crippen molar-refractivity contribution in [1.29, 1.82) is 0 Å². The van der Waals surface area contributed by atoms with Gasteiger partial charge in [-0.15, -0.1) is 0 Å². The van der Waals surface area contributed by atoms with E-state index in [-0.39, 0.29) is 24.1 Å². The maximum Gasteiger partial charge on any atom is 0.253 e. The van der Waals surface area contributed by atoms with E-state index in [1.165, 1.54) is 0 Å². The maximum absolute atomic E-state index is 12.8. The molecule has 2 heterocycles. The van der Waals surface area contributed by atoms with E-state index in [0.29, 0.717) is 30.1 Å². The molecule has 2 aliphatic rings. The summed E-state index contributed by atoms with van der Waals surface area (Å²) in [5, 5.41) is 2.94. The molecule has 0 aromatic heterocycles. The second-order valence-electron chi connectivity index (χ2n) is 8.50. The molecule has 0 spiro atoms. The highest BCUT2D eigenvalue weighted by molar-refractivity contribution is 6.01. The highest BCUT2D eigenvalue weighted by Crippen LogP contribution is 2.34. The molecule has 0 radical (unpaired) electrons. The summed E-state index contributed by atoms with van der Waals surface area (Å²) in [4.78, 5) is 41.5. The fourth-order valence-electron chi connectivity index (χ4n) is 4.38. The molecule has 168 valence electrons. The van der Waals surface area contributed by atoms with Crippen molar-refractivity contribution >= 4 is 23.4 Å². The quantitative estimate of drug-likeness (QED) is 0.757. The van der Waals surface area contributed by atoms with E-state index in [1.807, 2.05) is 54.3 Å². The Kier molecular flexibility index (Phi) is 6.44. The van der Waals surface area contributed by atoms with Gasteiger partial charge in [0.2, 0.25) is 11.8 Å². The van der Waals surface area contributed by atoms with Crippen molar-refractivity contribution in [3.63, 3.8) is 0 Å². The molecule has 0 saturated carbocycles. The molecule has 2 aromatic rings. The summed E-state index contributed by atoms with van der Waals surface area (Å²) < 4.78 is 5.40. The van der Waals surface area contributed by atoms with Crippen LogP contribution in [0.4, 0.5) is 5.69 Å². The fourth-order valence-corrected chi connectivity index (χ4v) is 4.38. The molecular weight excluding hydrogens is 406 g/mol. The van der Waals surface area contributed by atoms with Gasteiger partial charge in [-0.3, -0.25) is 14.4 Å². The van der Waals surface area contributed by atoms with Gasteiger partial charge in [-0.1, -0.05) is 18.2 Å². The van der Waals surface area contributed by atoms with Crippen molar-refractivity contribution < 1.29 is 19.1 Å². The third-order valence-electron chi connectivity index (χ3n) is 6.15. The number of nitrogens with one attached hydrogen (secondary N) is 1. The van der Waals surface area contributed by atoms with E-state index in [1.54, 1.807) is 12.0 Å². The zero-order valence-corrected chi connectivity index (χ0v) is 18.6. The van der Waals surface area contributed by atoms with E-state index in [9.17, 15) is 14.4 Å². The van der Waals surface area contributed by atoms with Gasteiger partial charge >= 0.3 is 0 Å². The van der Waals surface area contributed by atoms with Crippen LogP contribution < -0.4 is 15.0 Å². The Balaban J connectivity index is 1.38. The number of methoxy groups -OCH3 is 1. The van der Waals surface area contributed by atoms with Crippen LogP contribution in [-0.4, -0.2) is 49.4 Å². The molecule has 4 rings (SSSR count). The Morgan fingerprint density at radius 2 is 1.91 bits per heavy atom. The molecule has 2 aromatic carbocycles. The van der Waals surface area contributed by atoms with Gasteiger partial charge in [0.1, 0.15) is 5.75 Å². The Labute approximate surface area is 188 Å². The lowest BCUT2D eigenvalue weighted by Crippen LogP contribution is -2.33. The molecule has 3 amide bonds. The number of likely N-dealkylation sites (tertiary alicyclic amines) is 1. The molecule has 1 N–H and O–H groups in total. The highest BCUT2D eigenvalue weighted by Gasteiger charge is 2.36. The fraction of sp³-hybridized carbons (Fsp3) is 0.400. The Bertz CT molecular complexity index is 1030. The van der Waals surface area contributed by atoms with Gasteiger partial charge in [-0.05, 0) is 55.2 Å².